The summed E-state index contributed by atoms with van der Waals surface area (Å²) in [4.78, 5) is 0. The Bertz CT molecular complexity index is 108. The zero-order chi connectivity index (χ0) is 7.72. The van der Waals surface area contributed by atoms with Crippen LogP contribution in [0.4, 0.5) is 13.2 Å². The van der Waals surface area contributed by atoms with Crippen molar-refractivity contribution in [1.82, 2.24) is 0 Å². The third kappa shape index (κ3) is 1.77. The molecule has 0 aromatic carbocycles. The summed E-state index contributed by atoms with van der Waals surface area (Å²) in [6.07, 6.45) is -4.76. The average molecular weight is 264 g/mol. The smallest absolute Gasteiger partial charge is 0.162 e. The van der Waals surface area contributed by atoms with E-state index in [2.05, 4.69) is 0 Å². The molecule has 0 radical (unpaired) electrons. The zero-order valence-corrected chi connectivity index (χ0v) is 7.39. The molecule has 0 nitrogen and oxygen atoms in total. The van der Waals surface area contributed by atoms with E-state index < -0.39 is 18.5 Å². The Hall–Kier alpha value is 0.520. The van der Waals surface area contributed by atoms with Crippen molar-refractivity contribution in [2.75, 3.05) is 0 Å². The highest BCUT2D eigenvalue weighted by atomic mass is 127. The molecular weight excluding hydrogens is 256 g/mol. The van der Waals surface area contributed by atoms with E-state index in [0.29, 0.717) is 0 Å². The molecule has 1 saturated carbocycles. The molecule has 60 valence electrons. The molecule has 0 aromatic heterocycles. The van der Waals surface area contributed by atoms with Crippen LogP contribution in [0.2, 0.25) is 0 Å². The summed E-state index contributed by atoms with van der Waals surface area (Å²) < 4.78 is 37.3. The molecule has 0 spiro atoms. The highest BCUT2D eigenvalue weighted by Crippen LogP contribution is 2.31. The molecule has 1 fully saturated rings. The van der Waals surface area contributed by atoms with Crippen LogP contribution in [0.15, 0.2) is 0 Å². The fourth-order valence-corrected chi connectivity index (χ4v) is 2.04. The summed E-state index contributed by atoms with van der Waals surface area (Å²) in [6.45, 7) is 0. The van der Waals surface area contributed by atoms with Crippen molar-refractivity contribution in [3.63, 3.8) is 0 Å². The summed E-state index contributed by atoms with van der Waals surface area (Å²) >= 11 is 1.95. The van der Waals surface area contributed by atoms with Gasteiger partial charge in [-0.25, -0.2) is 13.2 Å². The Morgan fingerprint density at radius 3 is 1.80 bits per heavy atom. The third-order valence-electron chi connectivity index (χ3n) is 1.65. The lowest BCUT2D eigenvalue weighted by molar-refractivity contribution is 0.0485. The first-order valence-electron chi connectivity index (χ1n) is 3.17. The van der Waals surface area contributed by atoms with Gasteiger partial charge in [-0.05, 0) is 12.8 Å². The van der Waals surface area contributed by atoms with Gasteiger partial charge in [0.1, 0.15) is 12.3 Å². The van der Waals surface area contributed by atoms with Crippen LogP contribution < -0.4 is 0 Å². The van der Waals surface area contributed by atoms with Gasteiger partial charge in [0.2, 0.25) is 0 Å². The number of alkyl halides is 4. The van der Waals surface area contributed by atoms with E-state index in [-0.39, 0.29) is 16.8 Å². The van der Waals surface area contributed by atoms with Crippen molar-refractivity contribution in [1.29, 1.82) is 0 Å². The number of hydrogen-bond acceptors (Lipinski definition) is 0. The zero-order valence-electron chi connectivity index (χ0n) is 5.24. The van der Waals surface area contributed by atoms with Crippen molar-refractivity contribution in [3.05, 3.63) is 0 Å². The molecule has 2 atom stereocenters. The standard InChI is InChI=1S/C6H8F3I/c7-4-1-3(10)2-5(8)6(4)9/h3-6H,1-2H2. The monoisotopic (exact) mass is 264 g/mol. The summed E-state index contributed by atoms with van der Waals surface area (Å²) in [5, 5.41) is 0. The van der Waals surface area contributed by atoms with Crippen molar-refractivity contribution >= 4 is 22.6 Å². The molecule has 0 bridgehead atoms. The lowest BCUT2D eigenvalue weighted by atomic mass is 9.95. The fourth-order valence-electron chi connectivity index (χ4n) is 1.07. The van der Waals surface area contributed by atoms with Gasteiger partial charge in [-0.3, -0.25) is 0 Å². The highest BCUT2D eigenvalue weighted by molar-refractivity contribution is 14.1. The van der Waals surface area contributed by atoms with E-state index in [9.17, 15) is 13.2 Å². The first-order chi connectivity index (χ1) is 4.61. The van der Waals surface area contributed by atoms with Crippen LogP contribution in [0.25, 0.3) is 0 Å². The van der Waals surface area contributed by atoms with Gasteiger partial charge < -0.3 is 0 Å². The van der Waals surface area contributed by atoms with Crippen molar-refractivity contribution in [3.8, 4) is 0 Å². The van der Waals surface area contributed by atoms with Crippen LogP contribution in [-0.2, 0) is 0 Å². The highest BCUT2D eigenvalue weighted by Gasteiger charge is 2.37. The largest absolute Gasteiger partial charge is 0.244 e. The van der Waals surface area contributed by atoms with Crippen LogP contribution in [0.5, 0.6) is 0 Å². The second kappa shape index (κ2) is 3.28. The van der Waals surface area contributed by atoms with Gasteiger partial charge in [0, 0.05) is 3.92 Å². The summed E-state index contributed by atoms with van der Waals surface area (Å²) in [6, 6.07) is 0. The molecule has 0 N–H and O–H groups in total. The molecule has 1 aliphatic carbocycles. The molecule has 0 saturated heterocycles. The second-order valence-corrected chi connectivity index (χ2v) is 4.31. The van der Waals surface area contributed by atoms with E-state index in [4.69, 9.17) is 0 Å². The van der Waals surface area contributed by atoms with Crippen LogP contribution in [0, 0.1) is 0 Å². The Kier molecular flexibility index (Phi) is 2.82. The molecule has 4 heteroatoms. The predicted molar refractivity (Wildman–Crippen MR) is 41.7 cm³/mol. The Morgan fingerprint density at radius 2 is 1.40 bits per heavy atom. The van der Waals surface area contributed by atoms with Crippen molar-refractivity contribution < 1.29 is 13.2 Å². The number of rotatable bonds is 0. The van der Waals surface area contributed by atoms with Crippen LogP contribution in [-0.4, -0.2) is 22.4 Å². The van der Waals surface area contributed by atoms with Gasteiger partial charge >= 0.3 is 0 Å². The minimum absolute atomic E-state index is 0.0467. The van der Waals surface area contributed by atoms with E-state index in [1.807, 2.05) is 22.6 Å². The minimum Gasteiger partial charge on any atom is -0.244 e. The first kappa shape index (κ1) is 8.62. The minimum atomic E-state index is -1.88. The molecule has 1 aliphatic rings. The van der Waals surface area contributed by atoms with Gasteiger partial charge in [0.25, 0.3) is 0 Å². The normalized spacial score (nSPS) is 49.2. The predicted octanol–water partition coefficient (Wildman–Crippen LogP) is 2.60. The summed E-state index contributed by atoms with van der Waals surface area (Å²) in [5.41, 5.74) is 0. The number of hydrogen-bond donors (Lipinski definition) is 0. The van der Waals surface area contributed by atoms with Gasteiger partial charge in [0.05, 0.1) is 0 Å². The Labute approximate surface area is 71.3 Å². The third-order valence-corrected chi connectivity index (χ3v) is 2.67. The molecule has 0 amide bonds. The molecule has 0 aliphatic heterocycles. The molecular formula is C6H8F3I. The molecule has 0 heterocycles. The van der Waals surface area contributed by atoms with Crippen LogP contribution >= 0.6 is 22.6 Å². The maximum absolute atomic E-state index is 12.5. The van der Waals surface area contributed by atoms with Gasteiger partial charge in [-0.1, -0.05) is 22.6 Å². The van der Waals surface area contributed by atoms with E-state index in [1.165, 1.54) is 0 Å². The van der Waals surface area contributed by atoms with Crippen molar-refractivity contribution in [2.24, 2.45) is 0 Å². The van der Waals surface area contributed by atoms with Gasteiger partial charge in [-0.15, -0.1) is 0 Å². The van der Waals surface area contributed by atoms with Crippen LogP contribution in [0.1, 0.15) is 12.8 Å². The Morgan fingerprint density at radius 1 is 1.00 bits per heavy atom. The molecule has 0 aromatic rings. The molecule has 1 rings (SSSR count). The maximum atomic E-state index is 12.5. The first-order valence-corrected chi connectivity index (χ1v) is 4.42. The summed E-state index contributed by atoms with van der Waals surface area (Å²) in [7, 11) is 0. The summed E-state index contributed by atoms with van der Waals surface area (Å²) in [5.74, 6) is 0. The average Bonchev–Trinajstić information content (AvgIpc) is 1.82. The van der Waals surface area contributed by atoms with Crippen LogP contribution in [0.3, 0.4) is 0 Å². The van der Waals surface area contributed by atoms with E-state index >= 15 is 0 Å². The molecule has 10 heavy (non-hydrogen) atoms. The van der Waals surface area contributed by atoms with Gasteiger partial charge in [0.15, 0.2) is 6.17 Å². The second-order valence-electron chi connectivity index (χ2n) is 2.55. The number of halogens is 4. The van der Waals surface area contributed by atoms with E-state index in [0.717, 1.165) is 0 Å². The lowest BCUT2D eigenvalue weighted by Crippen LogP contribution is -2.37. The van der Waals surface area contributed by atoms with Crippen molar-refractivity contribution in [2.45, 2.75) is 35.3 Å². The van der Waals surface area contributed by atoms with E-state index in [1.54, 1.807) is 0 Å². The van der Waals surface area contributed by atoms with Gasteiger partial charge in [-0.2, -0.15) is 0 Å². The fraction of sp³-hybridized carbons (Fsp3) is 1.00. The quantitative estimate of drug-likeness (QED) is 0.466. The topological polar surface area (TPSA) is 0 Å². The maximum Gasteiger partial charge on any atom is 0.162 e. The Balaban J connectivity index is 2.49. The molecule has 2 unspecified atom stereocenters. The SMILES string of the molecule is FC1CC(I)CC(F)C1F. The lowest BCUT2D eigenvalue weighted by Gasteiger charge is -2.26.